The van der Waals surface area contributed by atoms with E-state index < -0.39 is 0 Å². The summed E-state index contributed by atoms with van der Waals surface area (Å²) in [5.74, 6) is 0.561. The van der Waals surface area contributed by atoms with Crippen molar-refractivity contribution in [2.24, 2.45) is 5.92 Å². The van der Waals surface area contributed by atoms with Gasteiger partial charge in [-0.1, -0.05) is 13.8 Å². The van der Waals surface area contributed by atoms with Gasteiger partial charge in [0, 0.05) is 6.54 Å². The monoisotopic (exact) mass is 197 g/mol. The Kier molecular flexibility index (Phi) is 3.48. The van der Waals surface area contributed by atoms with E-state index in [0.29, 0.717) is 5.92 Å². The molecule has 0 saturated heterocycles. The molecule has 1 amide bonds. The number of hydrogen-bond donors (Lipinski definition) is 1. The first-order valence-electron chi connectivity index (χ1n) is 4.43. The SMILES string of the molecule is Cc1ccsc1C(=O)NCC(C)C. The highest BCUT2D eigenvalue weighted by atomic mass is 32.1. The lowest BCUT2D eigenvalue weighted by atomic mass is 10.2. The molecule has 0 aliphatic rings. The van der Waals surface area contributed by atoms with Crippen LogP contribution in [0.1, 0.15) is 29.1 Å². The van der Waals surface area contributed by atoms with Gasteiger partial charge < -0.3 is 5.32 Å². The molecule has 0 bridgehead atoms. The molecule has 0 fully saturated rings. The van der Waals surface area contributed by atoms with Crippen LogP contribution in [0, 0.1) is 12.8 Å². The van der Waals surface area contributed by atoms with Crippen LogP contribution in [0.3, 0.4) is 0 Å². The Hall–Kier alpha value is -0.830. The lowest BCUT2D eigenvalue weighted by Gasteiger charge is -2.06. The van der Waals surface area contributed by atoms with Crippen molar-refractivity contribution in [1.82, 2.24) is 5.32 Å². The van der Waals surface area contributed by atoms with Crippen LogP contribution in [0.25, 0.3) is 0 Å². The zero-order valence-corrected chi connectivity index (χ0v) is 9.07. The molecule has 2 nitrogen and oxygen atoms in total. The minimum absolute atomic E-state index is 0.0567. The Balaban J connectivity index is 2.54. The maximum absolute atomic E-state index is 11.5. The van der Waals surface area contributed by atoms with Gasteiger partial charge in [0.15, 0.2) is 0 Å². The van der Waals surface area contributed by atoms with Gasteiger partial charge in [-0.2, -0.15) is 0 Å². The second-order valence-corrected chi connectivity index (χ2v) is 4.45. The largest absolute Gasteiger partial charge is 0.351 e. The summed E-state index contributed by atoms with van der Waals surface area (Å²) in [6.07, 6.45) is 0. The Morgan fingerprint density at radius 1 is 1.62 bits per heavy atom. The average molecular weight is 197 g/mol. The number of hydrogen-bond acceptors (Lipinski definition) is 2. The molecule has 0 radical (unpaired) electrons. The maximum atomic E-state index is 11.5. The number of thiophene rings is 1. The van der Waals surface area contributed by atoms with Gasteiger partial charge in [0.05, 0.1) is 4.88 Å². The third kappa shape index (κ3) is 2.84. The van der Waals surface area contributed by atoms with Crippen LogP contribution in [0.4, 0.5) is 0 Å². The second-order valence-electron chi connectivity index (χ2n) is 3.54. The van der Waals surface area contributed by atoms with Crippen LogP contribution in [0.5, 0.6) is 0 Å². The van der Waals surface area contributed by atoms with Crippen molar-refractivity contribution in [3.8, 4) is 0 Å². The van der Waals surface area contributed by atoms with Gasteiger partial charge in [0.1, 0.15) is 0 Å². The smallest absolute Gasteiger partial charge is 0.261 e. The fourth-order valence-corrected chi connectivity index (χ4v) is 1.82. The van der Waals surface area contributed by atoms with Crippen molar-refractivity contribution in [1.29, 1.82) is 0 Å². The predicted molar refractivity (Wildman–Crippen MR) is 56.2 cm³/mol. The first kappa shape index (κ1) is 10.3. The molecule has 1 heterocycles. The van der Waals surface area contributed by atoms with Crippen molar-refractivity contribution in [3.05, 3.63) is 21.9 Å². The predicted octanol–water partition coefficient (Wildman–Crippen LogP) is 2.44. The van der Waals surface area contributed by atoms with Crippen LogP contribution >= 0.6 is 11.3 Å². The van der Waals surface area contributed by atoms with E-state index in [1.807, 2.05) is 18.4 Å². The summed E-state index contributed by atoms with van der Waals surface area (Å²) >= 11 is 1.50. The Morgan fingerprint density at radius 3 is 2.77 bits per heavy atom. The van der Waals surface area contributed by atoms with Crippen LogP contribution in [0.15, 0.2) is 11.4 Å². The Morgan fingerprint density at radius 2 is 2.31 bits per heavy atom. The molecule has 0 saturated carbocycles. The number of nitrogens with one attached hydrogen (secondary N) is 1. The van der Waals surface area contributed by atoms with Crippen molar-refractivity contribution in [3.63, 3.8) is 0 Å². The fraction of sp³-hybridized carbons (Fsp3) is 0.500. The topological polar surface area (TPSA) is 29.1 Å². The highest BCUT2D eigenvalue weighted by molar-refractivity contribution is 7.12. The molecule has 0 unspecified atom stereocenters. The summed E-state index contributed by atoms with van der Waals surface area (Å²) in [6.45, 7) is 6.88. The van der Waals surface area contributed by atoms with Gasteiger partial charge in [-0.3, -0.25) is 4.79 Å². The number of aryl methyl sites for hydroxylation is 1. The minimum Gasteiger partial charge on any atom is -0.351 e. The third-order valence-electron chi connectivity index (χ3n) is 1.74. The summed E-state index contributed by atoms with van der Waals surface area (Å²) in [5.41, 5.74) is 1.06. The summed E-state index contributed by atoms with van der Waals surface area (Å²) in [4.78, 5) is 12.4. The van der Waals surface area contributed by atoms with E-state index in [1.165, 1.54) is 11.3 Å². The Labute approximate surface area is 83.0 Å². The quantitative estimate of drug-likeness (QED) is 0.792. The standard InChI is InChI=1S/C10H15NOS/c1-7(2)6-11-10(12)9-8(3)4-5-13-9/h4-5,7H,6H2,1-3H3,(H,11,12). The van der Waals surface area contributed by atoms with E-state index in [0.717, 1.165) is 17.0 Å². The summed E-state index contributed by atoms with van der Waals surface area (Å²) < 4.78 is 0. The van der Waals surface area contributed by atoms with Crippen molar-refractivity contribution in [2.45, 2.75) is 20.8 Å². The molecule has 0 aliphatic heterocycles. The van der Waals surface area contributed by atoms with Crippen LogP contribution in [0.2, 0.25) is 0 Å². The summed E-state index contributed by atoms with van der Waals surface area (Å²) in [7, 11) is 0. The highest BCUT2D eigenvalue weighted by Gasteiger charge is 2.09. The molecule has 0 aromatic carbocycles. The summed E-state index contributed by atoms with van der Waals surface area (Å²) in [5, 5.41) is 4.84. The molecule has 1 aromatic rings. The molecule has 13 heavy (non-hydrogen) atoms. The molecule has 0 atom stereocenters. The van der Waals surface area contributed by atoms with Crippen LogP contribution in [-0.4, -0.2) is 12.5 Å². The first-order valence-corrected chi connectivity index (χ1v) is 5.31. The van der Waals surface area contributed by atoms with Gasteiger partial charge in [-0.15, -0.1) is 11.3 Å². The van der Waals surface area contributed by atoms with Crippen molar-refractivity contribution in [2.75, 3.05) is 6.54 Å². The second kappa shape index (κ2) is 4.42. The molecule has 0 aliphatic carbocycles. The molecule has 3 heteroatoms. The van der Waals surface area contributed by atoms with Gasteiger partial charge in [-0.25, -0.2) is 0 Å². The zero-order chi connectivity index (χ0) is 9.84. The van der Waals surface area contributed by atoms with E-state index >= 15 is 0 Å². The van der Waals surface area contributed by atoms with Gasteiger partial charge in [0.2, 0.25) is 0 Å². The lowest BCUT2D eigenvalue weighted by molar-refractivity contribution is 0.0952. The van der Waals surface area contributed by atoms with E-state index in [-0.39, 0.29) is 5.91 Å². The van der Waals surface area contributed by atoms with E-state index in [9.17, 15) is 4.79 Å². The normalized spacial score (nSPS) is 10.5. The molecule has 0 spiro atoms. The van der Waals surface area contributed by atoms with E-state index in [4.69, 9.17) is 0 Å². The lowest BCUT2D eigenvalue weighted by Crippen LogP contribution is -2.26. The molecule has 1 rings (SSSR count). The first-order chi connectivity index (χ1) is 6.11. The highest BCUT2D eigenvalue weighted by Crippen LogP contribution is 2.14. The number of amides is 1. The maximum Gasteiger partial charge on any atom is 0.261 e. The fourth-order valence-electron chi connectivity index (χ4n) is 0.982. The van der Waals surface area contributed by atoms with Crippen LogP contribution in [-0.2, 0) is 0 Å². The van der Waals surface area contributed by atoms with E-state index in [2.05, 4.69) is 19.2 Å². The zero-order valence-electron chi connectivity index (χ0n) is 8.26. The average Bonchev–Trinajstić information content (AvgIpc) is 2.47. The van der Waals surface area contributed by atoms with Gasteiger partial charge >= 0.3 is 0 Å². The molecule has 1 N–H and O–H groups in total. The minimum atomic E-state index is 0.0567. The van der Waals surface area contributed by atoms with Gasteiger partial charge in [-0.05, 0) is 29.9 Å². The molecule has 1 aromatic heterocycles. The summed E-state index contributed by atoms with van der Waals surface area (Å²) in [6, 6.07) is 1.97. The number of carbonyl (C=O) groups excluding carboxylic acids is 1. The van der Waals surface area contributed by atoms with Crippen LogP contribution < -0.4 is 5.32 Å². The molecular formula is C10H15NOS. The van der Waals surface area contributed by atoms with Gasteiger partial charge in [0.25, 0.3) is 5.91 Å². The Bertz CT molecular complexity index is 291. The van der Waals surface area contributed by atoms with E-state index in [1.54, 1.807) is 0 Å². The molecule has 72 valence electrons. The van der Waals surface area contributed by atoms with Crippen molar-refractivity contribution < 1.29 is 4.79 Å². The number of carbonyl (C=O) groups is 1. The van der Waals surface area contributed by atoms with Crippen molar-refractivity contribution >= 4 is 17.2 Å². The molecular weight excluding hydrogens is 182 g/mol. The third-order valence-corrected chi connectivity index (χ3v) is 2.75. The number of rotatable bonds is 3.